The minimum Gasteiger partial charge on any atom is -0.456 e. The highest BCUT2D eigenvalue weighted by Crippen LogP contribution is 2.41. The molecular formula is C45H28N4O. The van der Waals surface area contributed by atoms with Gasteiger partial charge in [-0.25, -0.2) is 15.0 Å². The summed E-state index contributed by atoms with van der Waals surface area (Å²) in [4.78, 5) is 15.2. The van der Waals surface area contributed by atoms with Gasteiger partial charge in [-0.2, -0.15) is 0 Å². The highest BCUT2D eigenvalue weighted by atomic mass is 16.3. The quantitative estimate of drug-likeness (QED) is 0.186. The summed E-state index contributed by atoms with van der Waals surface area (Å²) in [7, 11) is 0. The summed E-state index contributed by atoms with van der Waals surface area (Å²) in [5.74, 6) is 0.927. The van der Waals surface area contributed by atoms with Crippen molar-refractivity contribution >= 4 is 43.7 Å². The molecule has 10 rings (SSSR count). The number of hydrogen-bond acceptors (Lipinski definition) is 4. The average Bonchev–Trinajstić information content (AvgIpc) is 3.83. The first-order chi connectivity index (χ1) is 28.1. The zero-order valence-corrected chi connectivity index (χ0v) is 26.2. The third-order valence-electron chi connectivity index (χ3n) is 8.93. The number of aromatic nitrogens is 4. The van der Waals surface area contributed by atoms with Crippen LogP contribution in [0.3, 0.4) is 0 Å². The molecule has 5 heteroatoms. The van der Waals surface area contributed by atoms with Crippen LogP contribution in [-0.2, 0) is 0 Å². The second-order valence-corrected chi connectivity index (χ2v) is 11.8. The van der Waals surface area contributed by atoms with Gasteiger partial charge in [-0.1, -0.05) is 133 Å². The Balaban J connectivity index is 1.36. The summed E-state index contributed by atoms with van der Waals surface area (Å²) < 4.78 is 78.7. The van der Waals surface area contributed by atoms with Crippen molar-refractivity contribution < 1.29 is 15.4 Å². The Morgan fingerprint density at radius 3 is 1.80 bits per heavy atom. The van der Waals surface area contributed by atoms with E-state index in [2.05, 4.69) is 0 Å². The number of para-hydroxylation sites is 3. The molecule has 7 aromatic carbocycles. The summed E-state index contributed by atoms with van der Waals surface area (Å²) in [6, 6.07) is 34.4. The summed E-state index contributed by atoms with van der Waals surface area (Å²) in [5.41, 5.74) is 5.00. The topological polar surface area (TPSA) is 56.7 Å². The monoisotopic (exact) mass is 648 g/mol. The highest BCUT2D eigenvalue weighted by Gasteiger charge is 2.22. The molecule has 50 heavy (non-hydrogen) atoms. The Labute approximate surface area is 299 Å². The predicted molar refractivity (Wildman–Crippen MR) is 203 cm³/mol. The molecule has 3 aromatic heterocycles. The zero-order chi connectivity index (χ0) is 40.0. The van der Waals surface area contributed by atoms with Crippen LogP contribution >= 0.6 is 0 Å². The zero-order valence-electron chi connectivity index (χ0n) is 34.2. The second-order valence-electron chi connectivity index (χ2n) is 11.8. The smallest absolute Gasteiger partial charge is 0.166 e. The molecule has 0 atom stereocenters. The molecule has 0 amide bonds. The first-order valence-corrected chi connectivity index (χ1v) is 16.1. The van der Waals surface area contributed by atoms with Gasteiger partial charge in [0, 0.05) is 32.7 Å². The Morgan fingerprint density at radius 1 is 0.460 bits per heavy atom. The third kappa shape index (κ3) is 4.52. The van der Waals surface area contributed by atoms with Gasteiger partial charge >= 0.3 is 0 Å². The fraction of sp³-hybridized carbons (Fsp3) is 0. The van der Waals surface area contributed by atoms with Crippen molar-refractivity contribution in [3.8, 4) is 51.0 Å². The van der Waals surface area contributed by atoms with Gasteiger partial charge in [-0.15, -0.1) is 0 Å². The van der Waals surface area contributed by atoms with Crippen LogP contribution in [0, 0.1) is 0 Å². The lowest BCUT2D eigenvalue weighted by atomic mass is 9.97. The Hall–Kier alpha value is -6.85. The van der Waals surface area contributed by atoms with Crippen molar-refractivity contribution in [2.45, 2.75) is 0 Å². The third-order valence-corrected chi connectivity index (χ3v) is 8.93. The molecule has 5 nitrogen and oxygen atoms in total. The van der Waals surface area contributed by atoms with E-state index in [9.17, 15) is 2.74 Å². The van der Waals surface area contributed by atoms with E-state index in [1.54, 1.807) is 12.1 Å². The van der Waals surface area contributed by atoms with Gasteiger partial charge < -0.3 is 8.98 Å². The lowest BCUT2D eigenvalue weighted by Gasteiger charge is -2.18. The van der Waals surface area contributed by atoms with E-state index in [1.807, 2.05) is 109 Å². The molecule has 10 aromatic rings. The number of rotatable bonds is 5. The number of furan rings is 1. The first kappa shape index (κ1) is 21.2. The number of benzene rings is 7. The van der Waals surface area contributed by atoms with E-state index >= 15 is 0 Å². The number of fused-ring (bicyclic) bond motifs is 6. The van der Waals surface area contributed by atoms with Gasteiger partial charge in [0.05, 0.1) is 33.3 Å². The summed E-state index contributed by atoms with van der Waals surface area (Å²) in [6.45, 7) is 0. The minimum absolute atomic E-state index is 0.00707. The van der Waals surface area contributed by atoms with E-state index in [1.165, 1.54) is 4.57 Å². The van der Waals surface area contributed by atoms with Gasteiger partial charge in [-0.3, -0.25) is 0 Å². The predicted octanol–water partition coefficient (Wildman–Crippen LogP) is 11.5. The largest absolute Gasteiger partial charge is 0.456 e. The van der Waals surface area contributed by atoms with Crippen molar-refractivity contribution in [2.24, 2.45) is 0 Å². The van der Waals surface area contributed by atoms with Crippen LogP contribution < -0.4 is 0 Å². The lowest BCUT2D eigenvalue weighted by molar-refractivity contribution is 0.669. The van der Waals surface area contributed by atoms with Crippen molar-refractivity contribution in [1.29, 1.82) is 0 Å². The van der Waals surface area contributed by atoms with E-state index in [4.69, 9.17) is 27.6 Å². The lowest BCUT2D eigenvalue weighted by Crippen LogP contribution is -2.05. The summed E-state index contributed by atoms with van der Waals surface area (Å²) >= 11 is 0. The van der Waals surface area contributed by atoms with Gasteiger partial charge in [0.25, 0.3) is 0 Å². The molecule has 0 aliphatic rings. The molecule has 0 saturated carbocycles. The molecule has 0 fully saturated rings. The van der Waals surface area contributed by atoms with Crippen molar-refractivity contribution in [3.05, 3.63) is 170 Å². The maximum Gasteiger partial charge on any atom is 0.166 e. The summed E-state index contributed by atoms with van der Waals surface area (Å²) in [6.07, 6.45) is 0. The summed E-state index contributed by atoms with van der Waals surface area (Å²) in [5, 5.41) is 1.87. The molecule has 0 aliphatic carbocycles. The van der Waals surface area contributed by atoms with Gasteiger partial charge in [-0.05, 0) is 47.5 Å². The second kappa shape index (κ2) is 11.4. The van der Waals surface area contributed by atoms with Crippen molar-refractivity contribution in [2.75, 3.05) is 0 Å². The molecule has 0 saturated heterocycles. The fourth-order valence-corrected chi connectivity index (χ4v) is 6.68. The van der Waals surface area contributed by atoms with Gasteiger partial charge in [0.1, 0.15) is 11.2 Å². The van der Waals surface area contributed by atoms with Gasteiger partial charge in [0.15, 0.2) is 17.5 Å². The van der Waals surface area contributed by atoms with Gasteiger partial charge in [0.2, 0.25) is 0 Å². The Bertz CT molecular complexity index is 3250. The van der Waals surface area contributed by atoms with E-state index in [-0.39, 0.29) is 27.6 Å². The SMILES string of the molecule is [2H]c1c([2H])c([2H])c2c(c1[2H])c1c([2H])c([2H])c([2H])c([2H])c1n2-c1cccc(-c2ccccc2)c1-c1nc(-c2ccccc2)nc(-c2ccc3c(c2)oc2ccccc23)n1. The van der Waals surface area contributed by atoms with Crippen LogP contribution in [0.2, 0.25) is 0 Å². The molecule has 0 bridgehead atoms. The Kier molecular flexibility index (Phi) is 4.83. The first-order valence-electron chi connectivity index (χ1n) is 20.1. The maximum absolute atomic E-state index is 9.21. The molecular weight excluding hydrogens is 613 g/mol. The fourth-order valence-electron chi connectivity index (χ4n) is 6.68. The van der Waals surface area contributed by atoms with Crippen molar-refractivity contribution in [1.82, 2.24) is 19.5 Å². The van der Waals surface area contributed by atoms with Crippen LogP contribution in [0.1, 0.15) is 11.0 Å². The molecule has 0 unspecified atom stereocenters. The standard InChI is InChI=1S/C45H28N4O/c1-3-14-29(15-4-1)32-21-13-24-39(49-37-22-10-7-18-33(37)34-19-8-11-23-38(34)49)42(32)45-47-43(30-16-5-2-6-17-30)46-44(48-45)31-26-27-36-35-20-9-12-25-40(35)50-41(36)28-31/h1-28H/i7D,8D,10D,11D,18D,19D,22D,23D. The Morgan fingerprint density at radius 2 is 1.06 bits per heavy atom. The molecule has 0 radical (unpaired) electrons. The molecule has 0 N–H and O–H groups in total. The number of hydrogen-bond donors (Lipinski definition) is 0. The molecule has 0 aliphatic heterocycles. The van der Waals surface area contributed by atoms with E-state index < -0.39 is 48.3 Å². The van der Waals surface area contributed by atoms with Crippen LogP contribution in [0.4, 0.5) is 0 Å². The van der Waals surface area contributed by atoms with Crippen molar-refractivity contribution in [3.63, 3.8) is 0 Å². The van der Waals surface area contributed by atoms with Crippen LogP contribution in [0.25, 0.3) is 94.7 Å². The highest BCUT2D eigenvalue weighted by molar-refractivity contribution is 6.10. The molecule has 0 spiro atoms. The van der Waals surface area contributed by atoms with E-state index in [0.717, 1.165) is 27.5 Å². The number of nitrogens with zero attached hydrogens (tertiary/aromatic N) is 4. The van der Waals surface area contributed by atoms with Crippen LogP contribution in [-0.4, -0.2) is 19.5 Å². The average molecular weight is 649 g/mol. The van der Waals surface area contributed by atoms with Crippen LogP contribution in [0.15, 0.2) is 174 Å². The van der Waals surface area contributed by atoms with E-state index in [0.29, 0.717) is 39.6 Å². The maximum atomic E-state index is 9.21. The molecule has 234 valence electrons. The normalized spacial score (nSPS) is 13.8. The minimum atomic E-state index is -0.516. The molecule has 3 heterocycles. The van der Waals surface area contributed by atoms with Crippen LogP contribution in [0.5, 0.6) is 0 Å².